The van der Waals surface area contributed by atoms with E-state index in [9.17, 15) is 20.0 Å². The largest absolute Gasteiger partial charge is 0.411 e. The van der Waals surface area contributed by atoms with Crippen LogP contribution in [0.4, 0.5) is 0 Å². The molecule has 0 unspecified atom stereocenters. The number of oxime groups is 2. The summed E-state index contributed by atoms with van der Waals surface area (Å²) in [6.45, 7) is 4.45. The Kier molecular flexibility index (Phi) is 7.02. The molecule has 0 fully saturated rings. The Morgan fingerprint density at radius 1 is 0.649 bits per heavy atom. The molecule has 0 spiro atoms. The third-order valence-corrected chi connectivity index (χ3v) is 8.69. The second-order valence-corrected chi connectivity index (χ2v) is 10.9. The molecule has 2 aromatic rings. The molecule has 0 atom stereocenters. The van der Waals surface area contributed by atoms with E-state index in [1.54, 1.807) is 0 Å². The van der Waals surface area contributed by atoms with Crippen molar-refractivity contribution >= 4 is 23.0 Å². The van der Waals surface area contributed by atoms with Crippen LogP contribution in [0.25, 0.3) is 11.1 Å². The Balaban J connectivity index is 1.69. The van der Waals surface area contributed by atoms with E-state index in [1.165, 1.54) is 49.7 Å². The number of hydrogen-bond donors (Lipinski definition) is 2. The number of benzene rings is 2. The van der Waals surface area contributed by atoms with Crippen molar-refractivity contribution < 1.29 is 20.0 Å². The van der Waals surface area contributed by atoms with E-state index in [4.69, 9.17) is 0 Å². The molecule has 194 valence electrons. The molecule has 3 aliphatic rings. The normalized spacial score (nSPS) is 19.0. The third-order valence-electron chi connectivity index (χ3n) is 8.69. The smallest absolute Gasteiger partial charge is 0.211 e. The van der Waals surface area contributed by atoms with E-state index in [0.717, 1.165) is 47.9 Å². The van der Waals surface area contributed by atoms with Crippen LogP contribution in [0.5, 0.6) is 0 Å². The van der Waals surface area contributed by atoms with Crippen LogP contribution in [-0.2, 0) is 18.3 Å². The summed E-state index contributed by atoms with van der Waals surface area (Å²) in [6.07, 6.45) is 12.1. The van der Waals surface area contributed by atoms with Crippen molar-refractivity contribution in [2.45, 2.75) is 96.3 Å². The highest BCUT2D eigenvalue weighted by molar-refractivity contribution is 6.50. The van der Waals surface area contributed by atoms with E-state index in [2.05, 4.69) is 36.3 Å². The highest BCUT2D eigenvalue weighted by Gasteiger charge is 2.45. The van der Waals surface area contributed by atoms with Crippen molar-refractivity contribution in [1.82, 2.24) is 0 Å². The minimum absolute atomic E-state index is 0.184. The predicted octanol–water partition coefficient (Wildman–Crippen LogP) is 7.03. The van der Waals surface area contributed by atoms with Gasteiger partial charge in [0.15, 0.2) is 0 Å². The first kappa shape index (κ1) is 25.4. The average Bonchev–Trinajstić information content (AvgIpc) is 3.49. The maximum Gasteiger partial charge on any atom is 0.211 e. The molecule has 6 nitrogen and oxygen atoms in total. The number of fused-ring (bicyclic) bond motifs is 5. The number of unbranched alkanes of at least 4 members (excludes halogenated alkanes) is 6. The van der Waals surface area contributed by atoms with Crippen molar-refractivity contribution in [2.24, 2.45) is 10.3 Å². The van der Waals surface area contributed by atoms with Gasteiger partial charge in [-0.25, -0.2) is 0 Å². The SMILES string of the molecule is CCCCCCC1(CCCCCC)c2cc3c(cc2-c2cc4c(cc21)C/C(=N/O)C4=O)C(=O)/C(=N\O)C3. The zero-order chi connectivity index (χ0) is 26.2. The van der Waals surface area contributed by atoms with Gasteiger partial charge in [-0.3, -0.25) is 9.59 Å². The molecule has 0 aliphatic heterocycles. The molecular weight excluding hydrogens is 464 g/mol. The van der Waals surface area contributed by atoms with Crippen LogP contribution in [-0.4, -0.2) is 33.4 Å². The first-order chi connectivity index (χ1) is 18.0. The van der Waals surface area contributed by atoms with Crippen molar-refractivity contribution in [3.05, 3.63) is 57.6 Å². The number of ketones is 2. The molecule has 0 radical (unpaired) electrons. The van der Waals surface area contributed by atoms with Crippen LogP contribution in [0.3, 0.4) is 0 Å². The second-order valence-electron chi connectivity index (χ2n) is 10.9. The van der Waals surface area contributed by atoms with Crippen LogP contribution in [0.2, 0.25) is 0 Å². The van der Waals surface area contributed by atoms with Crippen molar-refractivity contribution in [2.75, 3.05) is 0 Å². The van der Waals surface area contributed by atoms with Gasteiger partial charge in [-0.15, -0.1) is 0 Å². The summed E-state index contributed by atoms with van der Waals surface area (Å²) in [7, 11) is 0. The summed E-state index contributed by atoms with van der Waals surface area (Å²) in [5.74, 6) is -0.450. The number of rotatable bonds is 10. The minimum atomic E-state index is -0.225. The monoisotopic (exact) mass is 500 g/mol. The zero-order valence-corrected chi connectivity index (χ0v) is 21.9. The van der Waals surface area contributed by atoms with E-state index >= 15 is 0 Å². The Hall–Kier alpha value is -3.28. The lowest BCUT2D eigenvalue weighted by Gasteiger charge is -2.33. The standard InChI is InChI=1S/C31H36N2O4/c1-3-5-7-9-11-31(12-10-8-6-4-2)25-13-19-15-27(32-36)29(34)21(19)17-23(25)24-18-22-20(14-26(24)31)16-28(33-37)30(22)35/h13-14,17-18,36-37H,3-12,15-16H2,1-2H3/b32-27-,33-28-. The quantitative estimate of drug-likeness (QED) is 0.208. The van der Waals surface area contributed by atoms with Crippen LogP contribution in [0.1, 0.15) is 121 Å². The Bertz CT molecular complexity index is 1220. The average molecular weight is 501 g/mol. The number of Topliss-reactive ketones (excluding diaryl/α,β-unsaturated/α-hetero) is 2. The Morgan fingerprint density at radius 3 is 1.46 bits per heavy atom. The Morgan fingerprint density at radius 2 is 1.08 bits per heavy atom. The number of hydrogen-bond acceptors (Lipinski definition) is 6. The first-order valence-corrected chi connectivity index (χ1v) is 13.9. The lowest BCUT2D eigenvalue weighted by molar-refractivity contribution is 0.105. The van der Waals surface area contributed by atoms with Gasteiger partial charge in [0.1, 0.15) is 11.4 Å². The maximum absolute atomic E-state index is 12.9. The molecule has 2 aromatic carbocycles. The fraction of sp³-hybridized carbons (Fsp3) is 0.484. The zero-order valence-electron chi connectivity index (χ0n) is 21.9. The highest BCUT2D eigenvalue weighted by atomic mass is 16.4. The first-order valence-electron chi connectivity index (χ1n) is 13.9. The lowest BCUT2D eigenvalue weighted by atomic mass is 9.70. The maximum atomic E-state index is 12.9. The molecule has 6 heteroatoms. The summed E-state index contributed by atoms with van der Waals surface area (Å²) in [5.41, 5.74) is 7.72. The topological polar surface area (TPSA) is 99.3 Å². The molecule has 0 aromatic heterocycles. The van der Waals surface area contributed by atoms with Crippen LogP contribution >= 0.6 is 0 Å². The molecule has 0 saturated heterocycles. The van der Waals surface area contributed by atoms with Crippen LogP contribution in [0, 0.1) is 0 Å². The van der Waals surface area contributed by atoms with Gasteiger partial charge in [-0.1, -0.05) is 87.7 Å². The molecule has 37 heavy (non-hydrogen) atoms. The van der Waals surface area contributed by atoms with Gasteiger partial charge in [0.25, 0.3) is 0 Å². The van der Waals surface area contributed by atoms with Gasteiger partial charge >= 0.3 is 0 Å². The van der Waals surface area contributed by atoms with Crippen LogP contribution < -0.4 is 0 Å². The van der Waals surface area contributed by atoms with E-state index in [0.29, 0.717) is 24.0 Å². The van der Waals surface area contributed by atoms with E-state index in [1.807, 2.05) is 12.1 Å². The molecule has 3 aliphatic carbocycles. The summed E-state index contributed by atoms with van der Waals surface area (Å²) in [4.78, 5) is 25.8. The van der Waals surface area contributed by atoms with Gasteiger partial charge in [0.2, 0.25) is 11.6 Å². The fourth-order valence-corrected chi connectivity index (χ4v) is 6.75. The van der Waals surface area contributed by atoms with Gasteiger partial charge in [-0.05, 0) is 58.4 Å². The fourth-order valence-electron chi connectivity index (χ4n) is 6.75. The summed E-state index contributed by atoms with van der Waals surface area (Å²) in [6, 6.07) is 8.31. The molecule has 0 amide bonds. The van der Waals surface area contributed by atoms with Gasteiger partial charge in [-0.2, -0.15) is 0 Å². The summed E-state index contributed by atoms with van der Waals surface area (Å²) in [5, 5.41) is 25.3. The predicted molar refractivity (Wildman–Crippen MR) is 145 cm³/mol. The molecule has 2 N–H and O–H groups in total. The molecule has 5 rings (SSSR count). The molecule has 0 heterocycles. The van der Waals surface area contributed by atoms with Crippen molar-refractivity contribution in [1.29, 1.82) is 0 Å². The lowest BCUT2D eigenvalue weighted by Crippen LogP contribution is -2.26. The van der Waals surface area contributed by atoms with Crippen LogP contribution in [0.15, 0.2) is 34.6 Å². The second kappa shape index (κ2) is 10.2. The Labute approximate surface area is 218 Å². The molecular formula is C31H36N2O4. The van der Waals surface area contributed by atoms with Crippen molar-refractivity contribution in [3.63, 3.8) is 0 Å². The highest BCUT2D eigenvalue weighted by Crippen LogP contribution is 2.56. The van der Waals surface area contributed by atoms with Gasteiger partial charge in [0.05, 0.1) is 0 Å². The number of carbonyl (C=O) groups excluding carboxylic acids is 2. The third kappa shape index (κ3) is 4.11. The molecule has 0 bridgehead atoms. The summed E-state index contributed by atoms with van der Waals surface area (Å²) < 4.78 is 0. The molecule has 0 saturated carbocycles. The minimum Gasteiger partial charge on any atom is -0.411 e. The van der Waals surface area contributed by atoms with E-state index < -0.39 is 0 Å². The van der Waals surface area contributed by atoms with Gasteiger partial charge < -0.3 is 10.4 Å². The summed E-state index contributed by atoms with van der Waals surface area (Å²) >= 11 is 0. The van der Waals surface area contributed by atoms with E-state index in [-0.39, 0.29) is 28.4 Å². The van der Waals surface area contributed by atoms with Gasteiger partial charge in [0, 0.05) is 29.4 Å². The number of nitrogens with zero attached hydrogens (tertiary/aromatic N) is 2. The number of carbonyl (C=O) groups is 2. The van der Waals surface area contributed by atoms with Crippen molar-refractivity contribution in [3.8, 4) is 11.1 Å².